The van der Waals surface area contributed by atoms with Crippen molar-refractivity contribution in [2.24, 2.45) is 5.92 Å². The van der Waals surface area contributed by atoms with E-state index in [2.05, 4.69) is 37.4 Å². The lowest BCUT2D eigenvalue weighted by atomic mass is 9.93. The minimum Gasteiger partial charge on any atom is -0.493 e. The highest BCUT2D eigenvalue weighted by Gasteiger charge is 2.16. The van der Waals surface area contributed by atoms with Crippen LogP contribution < -0.4 is 14.8 Å². The highest BCUT2D eigenvalue weighted by Crippen LogP contribution is 2.28. The van der Waals surface area contributed by atoms with Gasteiger partial charge in [0.25, 0.3) is 0 Å². The number of benzene rings is 1. The van der Waals surface area contributed by atoms with Gasteiger partial charge in [0, 0.05) is 17.9 Å². The fourth-order valence-electron chi connectivity index (χ4n) is 3.08. The first kappa shape index (κ1) is 19.4. The zero-order valence-electron chi connectivity index (χ0n) is 16.0. The summed E-state index contributed by atoms with van der Waals surface area (Å²) in [4.78, 5) is 0. The average Bonchev–Trinajstić information content (AvgIpc) is 3.15. The van der Waals surface area contributed by atoms with Crippen LogP contribution in [0.3, 0.4) is 0 Å². The number of methoxy groups -OCH3 is 2. The van der Waals surface area contributed by atoms with Crippen molar-refractivity contribution in [1.29, 1.82) is 0 Å². The molecular weight excluding hydrogens is 314 g/mol. The summed E-state index contributed by atoms with van der Waals surface area (Å²) in [5, 5.41) is 2.35. The molecule has 0 saturated heterocycles. The summed E-state index contributed by atoms with van der Waals surface area (Å²) in [6, 6.07) is 10.2. The van der Waals surface area contributed by atoms with Crippen molar-refractivity contribution in [2.75, 3.05) is 20.8 Å². The van der Waals surface area contributed by atoms with E-state index in [-0.39, 0.29) is 0 Å². The number of ether oxygens (including phenoxy) is 2. The molecule has 2 N–H and O–H groups in total. The Labute approximate surface area is 151 Å². The van der Waals surface area contributed by atoms with Crippen molar-refractivity contribution >= 4 is 0 Å². The lowest BCUT2D eigenvalue weighted by Gasteiger charge is -2.15. The molecule has 0 saturated carbocycles. The second-order valence-corrected chi connectivity index (χ2v) is 6.94. The quantitative estimate of drug-likeness (QED) is 0.626. The Morgan fingerprint density at radius 2 is 1.80 bits per heavy atom. The van der Waals surface area contributed by atoms with Crippen LogP contribution in [0.15, 0.2) is 41.0 Å². The molecule has 0 unspecified atom stereocenters. The Bertz CT molecular complexity index is 608. The summed E-state index contributed by atoms with van der Waals surface area (Å²) in [5.41, 5.74) is 1.24. The molecule has 1 atom stereocenters. The van der Waals surface area contributed by atoms with Crippen LogP contribution in [-0.2, 0) is 6.54 Å². The number of hydrogen-bond donors (Lipinski definition) is 1. The van der Waals surface area contributed by atoms with Crippen LogP contribution >= 0.6 is 0 Å². The molecule has 1 aromatic carbocycles. The Balaban J connectivity index is 1.83. The van der Waals surface area contributed by atoms with Crippen molar-refractivity contribution in [1.82, 2.24) is 0 Å². The molecule has 1 heterocycles. The molecule has 0 radical (unpaired) electrons. The van der Waals surface area contributed by atoms with E-state index in [0.29, 0.717) is 5.92 Å². The first-order valence-corrected chi connectivity index (χ1v) is 9.20. The van der Waals surface area contributed by atoms with Crippen molar-refractivity contribution in [3.8, 4) is 11.5 Å². The van der Waals surface area contributed by atoms with Crippen molar-refractivity contribution in [3.05, 3.63) is 47.9 Å². The van der Waals surface area contributed by atoms with E-state index in [0.717, 1.165) is 42.7 Å². The lowest BCUT2D eigenvalue weighted by Crippen LogP contribution is -2.82. The Morgan fingerprint density at radius 3 is 2.44 bits per heavy atom. The molecule has 0 aliphatic rings. The molecule has 2 aromatic rings. The van der Waals surface area contributed by atoms with Crippen molar-refractivity contribution < 1.29 is 19.2 Å². The van der Waals surface area contributed by atoms with Crippen LogP contribution in [0, 0.1) is 5.92 Å². The van der Waals surface area contributed by atoms with Gasteiger partial charge < -0.3 is 19.2 Å². The number of hydrogen-bond acceptors (Lipinski definition) is 3. The van der Waals surface area contributed by atoms with Crippen molar-refractivity contribution in [3.63, 3.8) is 0 Å². The number of nitrogens with two attached hydrogens (primary N) is 1. The number of rotatable bonds is 11. The van der Waals surface area contributed by atoms with Gasteiger partial charge in [-0.05, 0) is 42.7 Å². The van der Waals surface area contributed by atoms with E-state index < -0.39 is 0 Å². The molecule has 2 rings (SSSR count). The number of furan rings is 1. The van der Waals surface area contributed by atoms with E-state index in [9.17, 15) is 0 Å². The summed E-state index contributed by atoms with van der Waals surface area (Å²) in [6.45, 7) is 6.58. The zero-order chi connectivity index (χ0) is 18.1. The average molecular weight is 346 g/mol. The zero-order valence-corrected chi connectivity index (χ0v) is 16.0. The molecular formula is C21H32NO3+. The molecule has 0 spiro atoms. The van der Waals surface area contributed by atoms with E-state index in [4.69, 9.17) is 13.9 Å². The summed E-state index contributed by atoms with van der Waals surface area (Å²) in [7, 11) is 3.34. The first-order chi connectivity index (χ1) is 12.1. The second-order valence-electron chi connectivity index (χ2n) is 6.94. The third-order valence-electron chi connectivity index (χ3n) is 4.59. The van der Waals surface area contributed by atoms with Gasteiger partial charge >= 0.3 is 0 Å². The second kappa shape index (κ2) is 10.1. The summed E-state index contributed by atoms with van der Waals surface area (Å²) >= 11 is 0. The maximum atomic E-state index is 5.65. The Morgan fingerprint density at radius 1 is 1.00 bits per heavy atom. The van der Waals surface area contributed by atoms with Gasteiger partial charge in [0.1, 0.15) is 12.3 Å². The van der Waals surface area contributed by atoms with Crippen LogP contribution in [0.4, 0.5) is 0 Å². The van der Waals surface area contributed by atoms with Gasteiger partial charge in [-0.15, -0.1) is 0 Å². The van der Waals surface area contributed by atoms with Crippen LogP contribution in [0.2, 0.25) is 0 Å². The van der Waals surface area contributed by atoms with Gasteiger partial charge in [-0.25, -0.2) is 0 Å². The molecule has 0 fully saturated rings. The molecule has 4 heteroatoms. The topological polar surface area (TPSA) is 48.2 Å². The third kappa shape index (κ3) is 6.13. The highest BCUT2D eigenvalue weighted by molar-refractivity contribution is 5.42. The number of quaternary nitrogens is 1. The summed E-state index contributed by atoms with van der Waals surface area (Å²) < 4.78 is 16.3. The summed E-state index contributed by atoms with van der Waals surface area (Å²) in [5.74, 6) is 3.93. The van der Waals surface area contributed by atoms with E-state index in [1.165, 1.54) is 18.4 Å². The van der Waals surface area contributed by atoms with Gasteiger partial charge in [-0.3, -0.25) is 0 Å². The molecule has 25 heavy (non-hydrogen) atoms. The lowest BCUT2D eigenvalue weighted by molar-refractivity contribution is -0.671. The molecule has 1 aromatic heterocycles. The van der Waals surface area contributed by atoms with E-state index >= 15 is 0 Å². The SMILES string of the molecule is COc1ccc(C[NH2+]CC[C@@H](CCC(C)C)c2ccco2)cc1OC. The van der Waals surface area contributed by atoms with Gasteiger partial charge in [-0.1, -0.05) is 20.3 Å². The predicted octanol–water partition coefficient (Wildman–Crippen LogP) is 3.97. The monoisotopic (exact) mass is 346 g/mol. The fraction of sp³-hybridized carbons (Fsp3) is 0.524. The normalized spacial score (nSPS) is 12.4. The highest BCUT2D eigenvalue weighted by atomic mass is 16.5. The Kier molecular flexibility index (Phi) is 7.86. The maximum Gasteiger partial charge on any atom is 0.161 e. The largest absolute Gasteiger partial charge is 0.493 e. The van der Waals surface area contributed by atoms with Crippen LogP contribution in [0.5, 0.6) is 11.5 Å². The fourth-order valence-corrected chi connectivity index (χ4v) is 3.08. The van der Waals surface area contributed by atoms with Crippen LogP contribution in [-0.4, -0.2) is 20.8 Å². The van der Waals surface area contributed by atoms with E-state index in [1.54, 1.807) is 20.5 Å². The third-order valence-corrected chi connectivity index (χ3v) is 4.59. The van der Waals surface area contributed by atoms with Crippen LogP contribution in [0.1, 0.15) is 50.4 Å². The maximum absolute atomic E-state index is 5.65. The molecule has 0 amide bonds. The molecule has 0 bridgehead atoms. The first-order valence-electron chi connectivity index (χ1n) is 9.20. The van der Waals surface area contributed by atoms with Gasteiger partial charge in [-0.2, -0.15) is 0 Å². The minimum atomic E-state index is 0.513. The predicted molar refractivity (Wildman–Crippen MR) is 100 cm³/mol. The van der Waals surface area contributed by atoms with Gasteiger partial charge in [0.15, 0.2) is 11.5 Å². The van der Waals surface area contributed by atoms with Crippen molar-refractivity contribution in [2.45, 2.75) is 45.6 Å². The standard InChI is InChI=1S/C21H31NO3/c1-16(2)7-9-18(19-6-5-13-25-19)11-12-22-15-17-8-10-20(23-3)21(14-17)24-4/h5-6,8,10,13-14,16,18,22H,7,9,11-12,15H2,1-4H3/p+1/t18-/m1/s1. The minimum absolute atomic E-state index is 0.513. The van der Waals surface area contributed by atoms with E-state index in [1.807, 2.05) is 12.1 Å². The summed E-state index contributed by atoms with van der Waals surface area (Å²) in [6.07, 6.45) is 5.34. The molecule has 0 aliphatic heterocycles. The molecule has 0 aliphatic carbocycles. The Hall–Kier alpha value is -1.94. The molecule has 138 valence electrons. The van der Waals surface area contributed by atoms with Crippen LogP contribution in [0.25, 0.3) is 0 Å². The van der Waals surface area contributed by atoms with Gasteiger partial charge in [0.2, 0.25) is 0 Å². The van der Waals surface area contributed by atoms with Gasteiger partial charge in [0.05, 0.1) is 27.0 Å². The smallest absolute Gasteiger partial charge is 0.161 e. The molecule has 4 nitrogen and oxygen atoms in total.